The molecule has 0 saturated heterocycles. The Labute approximate surface area is 118 Å². The van der Waals surface area contributed by atoms with Crippen LogP contribution >= 0.6 is 0 Å². The molecule has 8 heteroatoms. The maximum atomic E-state index is 13.8. The second-order valence-corrected chi connectivity index (χ2v) is 3.95. The molecule has 0 radical (unpaired) electrons. The van der Waals surface area contributed by atoms with E-state index in [2.05, 4.69) is 5.10 Å². The van der Waals surface area contributed by atoms with Crippen molar-refractivity contribution in [3.05, 3.63) is 41.1 Å². The first-order valence-electron chi connectivity index (χ1n) is 5.90. The highest BCUT2D eigenvalue weighted by molar-refractivity contribution is 5.92. The maximum Gasteiger partial charge on any atom is 0.360 e. The predicted molar refractivity (Wildman–Crippen MR) is 68.6 cm³/mol. The zero-order chi connectivity index (χ0) is 15.6. The number of hydrogen-bond donors (Lipinski definition) is 1. The van der Waals surface area contributed by atoms with Gasteiger partial charge in [-0.25, -0.2) is 18.3 Å². The van der Waals surface area contributed by atoms with E-state index < -0.39 is 17.6 Å². The summed E-state index contributed by atoms with van der Waals surface area (Å²) in [6.07, 6.45) is 0. The molecule has 108 valence electrons. The first kappa shape index (κ1) is 14.5. The monoisotopic (exact) mass is 292 g/mol. The molecule has 0 saturated carbocycles. The molecule has 0 aliphatic heterocycles. The van der Waals surface area contributed by atoms with Gasteiger partial charge in [-0.3, -0.25) is 0 Å². The summed E-state index contributed by atoms with van der Waals surface area (Å²) in [6, 6.07) is 4.47. The van der Waals surface area contributed by atoms with Crippen molar-refractivity contribution in [3.8, 4) is 11.8 Å². The van der Waals surface area contributed by atoms with Crippen molar-refractivity contribution in [1.82, 2.24) is 9.78 Å². The van der Waals surface area contributed by atoms with Crippen molar-refractivity contribution in [3.63, 3.8) is 0 Å². The fraction of sp³-hybridized carbons (Fsp3) is 0.154. The average molecular weight is 292 g/mol. The number of nitrogen functional groups attached to an aromatic ring is 1. The molecule has 1 heterocycles. The summed E-state index contributed by atoms with van der Waals surface area (Å²) in [5.41, 5.74) is 4.97. The minimum Gasteiger partial charge on any atom is -0.461 e. The number of nitrogens with two attached hydrogens (primary N) is 1. The van der Waals surface area contributed by atoms with Gasteiger partial charge in [0.1, 0.15) is 29.0 Å². The summed E-state index contributed by atoms with van der Waals surface area (Å²) in [5.74, 6) is -2.77. The normalized spacial score (nSPS) is 10.2. The van der Waals surface area contributed by atoms with E-state index >= 15 is 0 Å². The van der Waals surface area contributed by atoms with Crippen molar-refractivity contribution in [1.29, 1.82) is 5.26 Å². The molecule has 0 amide bonds. The van der Waals surface area contributed by atoms with Crippen LogP contribution in [-0.4, -0.2) is 22.4 Å². The van der Waals surface area contributed by atoms with Crippen molar-refractivity contribution < 1.29 is 18.3 Å². The van der Waals surface area contributed by atoms with Gasteiger partial charge in [0.25, 0.3) is 0 Å². The Bertz CT molecular complexity index is 749. The molecule has 0 spiro atoms. The zero-order valence-corrected chi connectivity index (χ0v) is 10.9. The third-order valence-electron chi connectivity index (χ3n) is 2.64. The second kappa shape index (κ2) is 5.58. The maximum absolute atomic E-state index is 13.8. The average Bonchev–Trinajstić information content (AvgIpc) is 2.76. The van der Waals surface area contributed by atoms with Crippen LogP contribution in [0, 0.1) is 23.0 Å². The van der Waals surface area contributed by atoms with Gasteiger partial charge in [-0.1, -0.05) is 0 Å². The van der Waals surface area contributed by atoms with Crippen LogP contribution in [0.3, 0.4) is 0 Å². The molecule has 21 heavy (non-hydrogen) atoms. The molecule has 0 atom stereocenters. The number of nitrogens with zero attached hydrogens (tertiary/aromatic N) is 3. The lowest BCUT2D eigenvalue weighted by Crippen LogP contribution is -2.08. The number of halogens is 2. The summed E-state index contributed by atoms with van der Waals surface area (Å²) in [7, 11) is 0. The number of nitriles is 1. The van der Waals surface area contributed by atoms with Crippen LogP contribution in [0.2, 0.25) is 0 Å². The number of rotatable bonds is 3. The molecule has 2 rings (SSSR count). The quantitative estimate of drug-likeness (QED) is 0.870. The number of carbonyl (C=O) groups excluding carboxylic acids is 1. The SMILES string of the molecule is CCOC(=O)c1nn(-c2ccc(F)cc2F)c(N)c1C#N. The molecule has 0 aliphatic rings. The molecule has 0 bridgehead atoms. The van der Waals surface area contributed by atoms with Gasteiger partial charge >= 0.3 is 5.97 Å². The lowest BCUT2D eigenvalue weighted by atomic mass is 10.2. The van der Waals surface area contributed by atoms with Gasteiger partial charge < -0.3 is 10.5 Å². The number of carbonyl (C=O) groups is 1. The van der Waals surface area contributed by atoms with E-state index in [1.807, 2.05) is 0 Å². The fourth-order valence-corrected chi connectivity index (χ4v) is 1.72. The fourth-order valence-electron chi connectivity index (χ4n) is 1.72. The number of benzene rings is 1. The van der Waals surface area contributed by atoms with Crippen molar-refractivity contribution >= 4 is 11.8 Å². The largest absolute Gasteiger partial charge is 0.461 e. The lowest BCUT2D eigenvalue weighted by molar-refractivity contribution is 0.0518. The Morgan fingerprint density at radius 2 is 2.24 bits per heavy atom. The van der Waals surface area contributed by atoms with Crippen LogP contribution in [0.4, 0.5) is 14.6 Å². The van der Waals surface area contributed by atoms with E-state index in [4.69, 9.17) is 15.7 Å². The van der Waals surface area contributed by atoms with E-state index in [-0.39, 0.29) is 29.4 Å². The van der Waals surface area contributed by atoms with Gasteiger partial charge in [0.2, 0.25) is 0 Å². The van der Waals surface area contributed by atoms with E-state index in [1.54, 1.807) is 13.0 Å². The predicted octanol–water partition coefficient (Wildman–Crippen LogP) is 1.78. The molecular formula is C13H10F2N4O2. The molecule has 0 fully saturated rings. The summed E-state index contributed by atoms with van der Waals surface area (Å²) < 4.78 is 32.3. The van der Waals surface area contributed by atoms with Crippen LogP contribution in [0.25, 0.3) is 5.69 Å². The van der Waals surface area contributed by atoms with Crippen molar-refractivity contribution in [2.45, 2.75) is 6.92 Å². The third kappa shape index (κ3) is 2.53. The Hall–Kier alpha value is -2.95. The molecule has 1 aromatic carbocycles. The Morgan fingerprint density at radius 1 is 1.52 bits per heavy atom. The standard InChI is InChI=1S/C13H10F2N4O2/c1-2-21-13(20)11-8(6-16)12(17)19(18-11)10-4-3-7(14)5-9(10)15/h3-5H,2,17H2,1H3. The molecule has 0 aliphatic carbocycles. The van der Waals surface area contributed by atoms with E-state index in [9.17, 15) is 13.6 Å². The van der Waals surface area contributed by atoms with Gasteiger partial charge in [0.15, 0.2) is 11.5 Å². The third-order valence-corrected chi connectivity index (χ3v) is 2.64. The van der Waals surface area contributed by atoms with Crippen LogP contribution in [0.1, 0.15) is 23.0 Å². The number of esters is 1. The van der Waals surface area contributed by atoms with Gasteiger partial charge in [-0.05, 0) is 19.1 Å². The smallest absolute Gasteiger partial charge is 0.360 e. The molecule has 1 aromatic heterocycles. The van der Waals surface area contributed by atoms with E-state index in [1.165, 1.54) is 0 Å². The number of ether oxygens (including phenoxy) is 1. The topological polar surface area (TPSA) is 93.9 Å². The molecule has 6 nitrogen and oxygen atoms in total. The lowest BCUT2D eigenvalue weighted by Gasteiger charge is -2.05. The second-order valence-electron chi connectivity index (χ2n) is 3.95. The van der Waals surface area contributed by atoms with Gasteiger partial charge in [0, 0.05) is 6.07 Å². The Morgan fingerprint density at radius 3 is 2.81 bits per heavy atom. The van der Waals surface area contributed by atoms with Gasteiger partial charge in [-0.2, -0.15) is 10.4 Å². The highest BCUT2D eigenvalue weighted by Gasteiger charge is 2.24. The Balaban J connectivity index is 2.61. The Kier molecular flexibility index (Phi) is 3.84. The van der Waals surface area contributed by atoms with Crippen LogP contribution in [0.15, 0.2) is 18.2 Å². The van der Waals surface area contributed by atoms with E-state index in [0.717, 1.165) is 16.8 Å². The number of aromatic nitrogens is 2. The molecule has 2 aromatic rings. The van der Waals surface area contributed by atoms with Gasteiger partial charge in [-0.15, -0.1) is 0 Å². The van der Waals surface area contributed by atoms with E-state index in [0.29, 0.717) is 6.07 Å². The molecule has 2 N–H and O–H groups in total. The highest BCUT2D eigenvalue weighted by atomic mass is 19.1. The summed E-state index contributed by atoms with van der Waals surface area (Å²) in [4.78, 5) is 11.7. The van der Waals surface area contributed by atoms with Gasteiger partial charge in [0.05, 0.1) is 6.61 Å². The molecule has 0 unspecified atom stereocenters. The minimum atomic E-state index is -0.927. The summed E-state index contributed by atoms with van der Waals surface area (Å²) in [6.45, 7) is 1.67. The first-order chi connectivity index (χ1) is 9.99. The van der Waals surface area contributed by atoms with Crippen LogP contribution in [0.5, 0.6) is 0 Å². The van der Waals surface area contributed by atoms with Crippen molar-refractivity contribution in [2.75, 3.05) is 12.3 Å². The first-order valence-corrected chi connectivity index (χ1v) is 5.90. The number of anilines is 1. The summed E-state index contributed by atoms with van der Waals surface area (Å²) in [5, 5.41) is 12.8. The summed E-state index contributed by atoms with van der Waals surface area (Å²) >= 11 is 0. The van der Waals surface area contributed by atoms with Crippen molar-refractivity contribution in [2.24, 2.45) is 0 Å². The van der Waals surface area contributed by atoms with Crippen LogP contribution in [-0.2, 0) is 4.74 Å². The minimum absolute atomic E-state index is 0.0847. The molecular weight excluding hydrogens is 282 g/mol. The van der Waals surface area contributed by atoms with Crippen LogP contribution < -0.4 is 5.73 Å². The zero-order valence-electron chi connectivity index (χ0n) is 10.9. The highest BCUT2D eigenvalue weighted by Crippen LogP contribution is 2.23. The number of hydrogen-bond acceptors (Lipinski definition) is 5.